The van der Waals surface area contributed by atoms with Gasteiger partial charge in [-0.25, -0.2) is 4.98 Å². The lowest BCUT2D eigenvalue weighted by Crippen LogP contribution is -2.38. The van der Waals surface area contributed by atoms with Gasteiger partial charge in [-0.2, -0.15) is 18.4 Å². The number of benzene rings is 2. The molecule has 0 bridgehead atoms. The maximum atomic E-state index is 13.6. The number of para-hydroxylation sites is 2. The second kappa shape index (κ2) is 9.99. The number of anilines is 2. The Labute approximate surface area is 208 Å². The lowest BCUT2D eigenvalue weighted by molar-refractivity contribution is -0.0493. The molecular weight excluding hydrogens is 520 g/mol. The second-order valence-corrected chi connectivity index (χ2v) is 9.08. The third-order valence-electron chi connectivity index (χ3n) is 6.12. The Morgan fingerprint density at radius 1 is 1.06 bits per heavy atom. The number of carbonyl (C=O) groups is 1. The maximum absolute atomic E-state index is 13.6. The first-order valence-corrected chi connectivity index (χ1v) is 12.0. The molecule has 0 unspecified atom stereocenters. The number of ether oxygens (including phenoxy) is 1. The summed E-state index contributed by atoms with van der Waals surface area (Å²) < 4.78 is 32.7. The van der Waals surface area contributed by atoms with Crippen LogP contribution in [-0.4, -0.2) is 45.1 Å². The van der Waals surface area contributed by atoms with E-state index in [9.17, 15) is 13.6 Å². The van der Waals surface area contributed by atoms with Gasteiger partial charge in [0, 0.05) is 19.3 Å². The van der Waals surface area contributed by atoms with Crippen LogP contribution in [0.4, 0.5) is 20.3 Å². The number of hydrogen-bond donors (Lipinski definition) is 1. The van der Waals surface area contributed by atoms with E-state index in [4.69, 9.17) is 0 Å². The molecule has 0 radical (unpaired) electrons. The smallest absolute Gasteiger partial charge is 0.387 e. The largest absolute Gasteiger partial charge is 0.433 e. The van der Waals surface area contributed by atoms with Gasteiger partial charge in [-0.15, -0.1) is 0 Å². The van der Waals surface area contributed by atoms with Crippen molar-refractivity contribution in [2.45, 2.75) is 25.4 Å². The van der Waals surface area contributed by atoms with Crippen molar-refractivity contribution in [1.82, 2.24) is 19.5 Å². The van der Waals surface area contributed by atoms with E-state index >= 15 is 0 Å². The molecule has 10 heteroatoms. The first-order chi connectivity index (χ1) is 17.0. The van der Waals surface area contributed by atoms with E-state index in [-0.39, 0.29) is 22.9 Å². The Bertz CT molecular complexity index is 1340. The van der Waals surface area contributed by atoms with Gasteiger partial charge in [0.2, 0.25) is 0 Å². The molecule has 7 nitrogen and oxygen atoms in total. The van der Waals surface area contributed by atoms with Crippen molar-refractivity contribution in [3.05, 3.63) is 82.6 Å². The lowest BCUT2D eigenvalue weighted by atomic mass is 9.89. The maximum Gasteiger partial charge on any atom is 0.387 e. The highest BCUT2D eigenvalue weighted by atomic mass is 79.9. The molecule has 0 atom stereocenters. The highest BCUT2D eigenvalue weighted by Crippen LogP contribution is 2.33. The summed E-state index contributed by atoms with van der Waals surface area (Å²) in [7, 11) is 0. The molecule has 3 heterocycles. The first-order valence-electron chi connectivity index (χ1n) is 11.2. The van der Waals surface area contributed by atoms with Crippen molar-refractivity contribution in [3.8, 4) is 5.75 Å². The van der Waals surface area contributed by atoms with Crippen LogP contribution in [0.1, 0.15) is 34.7 Å². The predicted octanol–water partition coefficient (Wildman–Crippen LogP) is 5.86. The lowest BCUT2D eigenvalue weighted by Gasteiger charge is -2.32. The summed E-state index contributed by atoms with van der Waals surface area (Å²) in [5.74, 6) is 0.480. The third-order valence-corrected chi connectivity index (χ3v) is 6.68. The van der Waals surface area contributed by atoms with Crippen LogP contribution in [0.5, 0.6) is 5.75 Å². The van der Waals surface area contributed by atoms with E-state index in [1.54, 1.807) is 29.3 Å². The SMILES string of the molecule is O=C(c1cnc2c(Br)cnn2c1Nc1ccccc1OC(F)F)N1CCC(c2ccccc2)CC1. The molecule has 180 valence electrons. The minimum atomic E-state index is -2.98. The van der Waals surface area contributed by atoms with Gasteiger partial charge in [0.25, 0.3) is 5.91 Å². The molecule has 0 aliphatic carbocycles. The molecule has 0 saturated carbocycles. The van der Waals surface area contributed by atoms with Crippen molar-refractivity contribution in [2.75, 3.05) is 18.4 Å². The molecule has 1 amide bonds. The van der Waals surface area contributed by atoms with Crippen LogP contribution < -0.4 is 10.1 Å². The van der Waals surface area contributed by atoms with Crippen LogP contribution in [0, 0.1) is 0 Å². The number of halogens is 3. The summed E-state index contributed by atoms with van der Waals surface area (Å²) >= 11 is 3.41. The summed E-state index contributed by atoms with van der Waals surface area (Å²) in [6.07, 6.45) is 4.76. The number of fused-ring (bicyclic) bond motifs is 1. The molecule has 1 N–H and O–H groups in total. The molecule has 1 saturated heterocycles. The van der Waals surface area contributed by atoms with Gasteiger partial charge in [0.1, 0.15) is 17.1 Å². The van der Waals surface area contributed by atoms with Crippen LogP contribution >= 0.6 is 15.9 Å². The number of alkyl halides is 2. The third kappa shape index (κ3) is 4.84. The highest BCUT2D eigenvalue weighted by molar-refractivity contribution is 9.10. The molecule has 35 heavy (non-hydrogen) atoms. The molecule has 1 aliphatic heterocycles. The normalized spacial score (nSPS) is 14.5. The van der Waals surface area contributed by atoms with E-state index in [0.717, 1.165) is 12.8 Å². The van der Waals surface area contributed by atoms with Crippen LogP contribution in [0.25, 0.3) is 5.65 Å². The summed E-state index contributed by atoms with van der Waals surface area (Å²) in [4.78, 5) is 19.8. The van der Waals surface area contributed by atoms with Gasteiger partial charge >= 0.3 is 6.61 Å². The summed E-state index contributed by atoms with van der Waals surface area (Å²) in [6.45, 7) is -1.78. The fourth-order valence-electron chi connectivity index (χ4n) is 4.39. The molecule has 4 aromatic rings. The Morgan fingerprint density at radius 3 is 2.51 bits per heavy atom. The average Bonchev–Trinajstić information content (AvgIpc) is 3.26. The Morgan fingerprint density at radius 2 is 1.77 bits per heavy atom. The van der Waals surface area contributed by atoms with E-state index in [1.165, 1.54) is 22.3 Å². The van der Waals surface area contributed by atoms with Crippen molar-refractivity contribution >= 4 is 39.0 Å². The van der Waals surface area contributed by atoms with Gasteiger partial charge in [0.05, 0.1) is 16.4 Å². The zero-order chi connectivity index (χ0) is 24.4. The number of aromatic nitrogens is 3. The Kier molecular flexibility index (Phi) is 6.63. The van der Waals surface area contributed by atoms with E-state index in [2.05, 4.69) is 48.2 Å². The minimum Gasteiger partial charge on any atom is -0.433 e. The summed E-state index contributed by atoms with van der Waals surface area (Å²) in [5, 5.41) is 7.42. The highest BCUT2D eigenvalue weighted by Gasteiger charge is 2.28. The molecule has 5 rings (SSSR count). The van der Waals surface area contributed by atoms with Crippen molar-refractivity contribution in [1.29, 1.82) is 0 Å². The molecule has 1 fully saturated rings. The average molecular weight is 542 g/mol. The van der Waals surface area contributed by atoms with Crippen LogP contribution in [-0.2, 0) is 0 Å². The topological polar surface area (TPSA) is 71.8 Å². The van der Waals surface area contributed by atoms with Crippen molar-refractivity contribution in [2.24, 2.45) is 0 Å². The Hall–Kier alpha value is -3.53. The zero-order valence-corrected chi connectivity index (χ0v) is 20.2. The number of carbonyl (C=O) groups excluding carboxylic acids is 1. The van der Waals surface area contributed by atoms with E-state index in [1.807, 2.05) is 18.2 Å². The number of likely N-dealkylation sites (tertiary alicyclic amines) is 1. The minimum absolute atomic E-state index is 0.0410. The summed E-state index contributed by atoms with van der Waals surface area (Å²) in [5.41, 5.74) is 2.34. The van der Waals surface area contributed by atoms with Gasteiger partial charge in [0.15, 0.2) is 5.65 Å². The second-order valence-electron chi connectivity index (χ2n) is 8.23. The van der Waals surface area contributed by atoms with Gasteiger partial charge in [-0.05, 0) is 52.4 Å². The van der Waals surface area contributed by atoms with Gasteiger partial charge < -0.3 is 15.0 Å². The van der Waals surface area contributed by atoms with E-state index in [0.29, 0.717) is 34.9 Å². The van der Waals surface area contributed by atoms with Crippen molar-refractivity contribution < 1.29 is 18.3 Å². The molecule has 0 spiro atoms. The number of nitrogens with one attached hydrogen (secondary N) is 1. The van der Waals surface area contributed by atoms with Crippen LogP contribution in [0.15, 0.2) is 71.5 Å². The zero-order valence-electron chi connectivity index (χ0n) is 18.6. The monoisotopic (exact) mass is 541 g/mol. The number of hydrogen-bond acceptors (Lipinski definition) is 5. The molecule has 1 aliphatic rings. The van der Waals surface area contributed by atoms with Gasteiger partial charge in [-0.1, -0.05) is 42.5 Å². The fourth-order valence-corrected chi connectivity index (χ4v) is 4.75. The number of piperidine rings is 1. The van der Waals surface area contributed by atoms with Crippen LogP contribution in [0.2, 0.25) is 0 Å². The Balaban J connectivity index is 1.45. The summed E-state index contributed by atoms with van der Waals surface area (Å²) in [6, 6.07) is 16.6. The fraction of sp³-hybridized carbons (Fsp3) is 0.240. The van der Waals surface area contributed by atoms with E-state index < -0.39 is 6.61 Å². The first kappa shape index (κ1) is 23.2. The molecule has 2 aromatic heterocycles. The molecular formula is C25H22BrF2N5O2. The van der Waals surface area contributed by atoms with Crippen LogP contribution in [0.3, 0.4) is 0 Å². The van der Waals surface area contributed by atoms with Gasteiger partial charge in [-0.3, -0.25) is 4.79 Å². The quantitative estimate of drug-likeness (QED) is 0.331. The standard InChI is InChI=1S/C25H22BrF2N5O2/c26-19-15-30-33-22(31-20-8-4-5-9-21(20)35-25(27)28)18(14-29-23(19)33)24(34)32-12-10-17(11-13-32)16-6-2-1-3-7-16/h1-9,14-15,17,25,31H,10-13H2. The number of rotatable bonds is 6. The van der Waals surface area contributed by atoms with Crippen molar-refractivity contribution in [3.63, 3.8) is 0 Å². The number of amides is 1. The molecule has 2 aromatic carbocycles. The predicted molar refractivity (Wildman–Crippen MR) is 131 cm³/mol. The number of nitrogens with zero attached hydrogens (tertiary/aromatic N) is 4.